The molecular formula is C20H28IN3OS. The molecule has 1 aliphatic rings. The Labute approximate surface area is 174 Å². The first-order chi connectivity index (χ1) is 12.2. The summed E-state index contributed by atoms with van der Waals surface area (Å²) in [6.45, 7) is 6.49. The van der Waals surface area contributed by atoms with E-state index < -0.39 is 5.72 Å². The van der Waals surface area contributed by atoms with Crippen molar-refractivity contribution in [3.05, 3.63) is 57.3 Å². The number of alkyl halides is 1. The van der Waals surface area contributed by atoms with Crippen molar-refractivity contribution in [3.8, 4) is 0 Å². The van der Waals surface area contributed by atoms with Gasteiger partial charge in [0.25, 0.3) is 0 Å². The summed E-state index contributed by atoms with van der Waals surface area (Å²) in [6, 6.07) is 10.5. The summed E-state index contributed by atoms with van der Waals surface area (Å²) in [7, 11) is 1.97. The minimum absolute atomic E-state index is 0.00980. The SMILES string of the molecule is CN(OC1(N)c2ccccc2CCc2sccc21)C(CI)NC(C)(C)C. The molecule has 3 N–H and O–H groups in total. The molecule has 4 nitrogen and oxygen atoms in total. The lowest BCUT2D eigenvalue weighted by Crippen LogP contribution is -2.56. The molecule has 142 valence electrons. The fourth-order valence-corrected chi connectivity index (χ4v) is 5.18. The van der Waals surface area contributed by atoms with Crippen LogP contribution < -0.4 is 11.1 Å². The van der Waals surface area contributed by atoms with Crippen molar-refractivity contribution in [3.63, 3.8) is 0 Å². The molecule has 0 spiro atoms. The minimum atomic E-state index is -0.971. The number of nitrogens with one attached hydrogen (secondary N) is 1. The van der Waals surface area contributed by atoms with Gasteiger partial charge in [-0.05, 0) is 50.6 Å². The molecule has 0 saturated heterocycles. The van der Waals surface area contributed by atoms with Gasteiger partial charge in [0.1, 0.15) is 0 Å². The number of thiophene rings is 1. The Bertz CT molecular complexity index is 758. The Morgan fingerprint density at radius 1 is 1.27 bits per heavy atom. The van der Waals surface area contributed by atoms with Crippen LogP contribution in [0.1, 0.15) is 42.3 Å². The average Bonchev–Trinajstić information content (AvgIpc) is 3.02. The molecule has 2 aromatic rings. The topological polar surface area (TPSA) is 50.5 Å². The van der Waals surface area contributed by atoms with E-state index in [2.05, 4.69) is 78.3 Å². The zero-order chi connectivity index (χ0) is 18.9. The van der Waals surface area contributed by atoms with Crippen LogP contribution in [0.3, 0.4) is 0 Å². The number of aryl methyl sites for hydroxylation is 2. The van der Waals surface area contributed by atoms with E-state index in [1.54, 1.807) is 11.3 Å². The predicted octanol–water partition coefficient (Wildman–Crippen LogP) is 4.02. The number of nitrogens with two attached hydrogens (primary N) is 1. The molecule has 26 heavy (non-hydrogen) atoms. The van der Waals surface area contributed by atoms with E-state index in [0.29, 0.717) is 0 Å². The van der Waals surface area contributed by atoms with Crippen molar-refractivity contribution in [2.45, 2.75) is 51.0 Å². The summed E-state index contributed by atoms with van der Waals surface area (Å²) in [5.41, 5.74) is 9.43. The second-order valence-corrected chi connectivity index (χ2v) is 9.73. The lowest BCUT2D eigenvalue weighted by molar-refractivity contribution is -0.245. The van der Waals surface area contributed by atoms with Gasteiger partial charge in [-0.1, -0.05) is 46.9 Å². The molecule has 1 heterocycles. The number of hydroxylamine groups is 2. The van der Waals surface area contributed by atoms with Gasteiger partial charge in [0.05, 0.1) is 6.17 Å². The first-order valence-corrected chi connectivity index (χ1v) is 11.3. The Hall–Kier alpha value is -0.510. The van der Waals surface area contributed by atoms with Crippen LogP contribution in [0.4, 0.5) is 0 Å². The van der Waals surface area contributed by atoms with E-state index in [1.807, 2.05) is 18.2 Å². The van der Waals surface area contributed by atoms with Gasteiger partial charge in [-0.2, -0.15) is 5.06 Å². The molecule has 0 aliphatic heterocycles. The largest absolute Gasteiger partial charge is 0.295 e. The number of benzene rings is 1. The van der Waals surface area contributed by atoms with Crippen molar-refractivity contribution in [1.29, 1.82) is 0 Å². The number of hydrogen-bond acceptors (Lipinski definition) is 5. The maximum atomic E-state index is 7.00. The summed E-state index contributed by atoms with van der Waals surface area (Å²) in [4.78, 5) is 7.83. The molecule has 1 aliphatic carbocycles. The summed E-state index contributed by atoms with van der Waals surface area (Å²) < 4.78 is 0.889. The van der Waals surface area contributed by atoms with Gasteiger partial charge in [-0.25, -0.2) is 0 Å². The molecule has 3 rings (SSSR count). The Morgan fingerprint density at radius 2 is 2.00 bits per heavy atom. The molecule has 2 unspecified atom stereocenters. The van der Waals surface area contributed by atoms with Gasteiger partial charge in [0.15, 0.2) is 5.72 Å². The van der Waals surface area contributed by atoms with Gasteiger partial charge in [0, 0.05) is 33.0 Å². The van der Waals surface area contributed by atoms with Gasteiger partial charge in [-0.15, -0.1) is 11.3 Å². The second-order valence-electron chi connectivity index (χ2n) is 7.85. The summed E-state index contributed by atoms with van der Waals surface area (Å²) in [6.07, 6.45) is 2.06. The van der Waals surface area contributed by atoms with E-state index in [1.165, 1.54) is 10.4 Å². The van der Waals surface area contributed by atoms with Crippen LogP contribution in [0.15, 0.2) is 35.7 Å². The van der Waals surface area contributed by atoms with Crippen LogP contribution in [0.25, 0.3) is 0 Å². The van der Waals surface area contributed by atoms with Crippen molar-refractivity contribution < 1.29 is 4.84 Å². The summed E-state index contributed by atoms with van der Waals surface area (Å²) in [5.74, 6) is 0. The first kappa shape index (κ1) is 20.2. The highest BCUT2D eigenvalue weighted by atomic mass is 127. The van der Waals surface area contributed by atoms with Crippen molar-refractivity contribution >= 4 is 33.9 Å². The second kappa shape index (κ2) is 7.85. The van der Waals surface area contributed by atoms with Crippen LogP contribution in [0, 0.1) is 0 Å². The number of nitrogens with zero attached hydrogens (tertiary/aromatic N) is 1. The van der Waals surface area contributed by atoms with E-state index in [0.717, 1.165) is 28.4 Å². The van der Waals surface area contributed by atoms with Crippen LogP contribution in [-0.4, -0.2) is 28.2 Å². The molecule has 0 amide bonds. The highest BCUT2D eigenvalue weighted by Gasteiger charge is 2.40. The fourth-order valence-electron chi connectivity index (χ4n) is 3.47. The quantitative estimate of drug-likeness (QED) is 0.291. The third kappa shape index (κ3) is 4.15. The standard InChI is InChI=1S/C20H28IN3OS/c1-19(2,3)23-18(13-21)24(4)25-20(22)15-8-6-5-7-14(15)9-10-17-16(20)11-12-26-17/h5-8,11-12,18,23H,9-10,13,22H2,1-4H3. The third-order valence-electron chi connectivity index (χ3n) is 4.66. The average molecular weight is 485 g/mol. The maximum Gasteiger partial charge on any atom is 0.190 e. The highest BCUT2D eigenvalue weighted by Crippen LogP contribution is 2.39. The lowest BCUT2D eigenvalue weighted by atomic mass is 9.94. The van der Waals surface area contributed by atoms with Crippen LogP contribution in [0.5, 0.6) is 0 Å². The van der Waals surface area contributed by atoms with Gasteiger partial charge in [0.2, 0.25) is 0 Å². The van der Waals surface area contributed by atoms with E-state index in [9.17, 15) is 0 Å². The van der Waals surface area contributed by atoms with Crippen molar-refractivity contribution in [1.82, 2.24) is 10.4 Å². The zero-order valence-corrected chi connectivity index (χ0v) is 18.9. The number of halogens is 1. The monoisotopic (exact) mass is 485 g/mol. The number of hydrogen-bond donors (Lipinski definition) is 2. The molecule has 0 fully saturated rings. The Kier molecular flexibility index (Phi) is 6.11. The molecule has 1 aromatic carbocycles. The number of rotatable bonds is 5. The van der Waals surface area contributed by atoms with Crippen LogP contribution in [0.2, 0.25) is 0 Å². The minimum Gasteiger partial charge on any atom is -0.295 e. The molecule has 1 aromatic heterocycles. The van der Waals surface area contributed by atoms with Crippen LogP contribution >= 0.6 is 33.9 Å². The molecule has 2 atom stereocenters. The predicted molar refractivity (Wildman–Crippen MR) is 118 cm³/mol. The fraction of sp³-hybridized carbons (Fsp3) is 0.500. The maximum absolute atomic E-state index is 7.00. The van der Waals surface area contributed by atoms with Crippen molar-refractivity contribution in [2.24, 2.45) is 5.73 Å². The van der Waals surface area contributed by atoms with Crippen LogP contribution in [-0.2, 0) is 23.4 Å². The number of fused-ring (bicyclic) bond motifs is 2. The Morgan fingerprint density at radius 3 is 2.69 bits per heavy atom. The molecule has 0 saturated carbocycles. The highest BCUT2D eigenvalue weighted by molar-refractivity contribution is 14.1. The summed E-state index contributed by atoms with van der Waals surface area (Å²) >= 11 is 4.15. The van der Waals surface area contributed by atoms with E-state index in [-0.39, 0.29) is 11.7 Å². The first-order valence-electron chi connectivity index (χ1n) is 8.94. The smallest absolute Gasteiger partial charge is 0.190 e. The van der Waals surface area contributed by atoms with Crippen molar-refractivity contribution in [2.75, 3.05) is 11.5 Å². The van der Waals surface area contributed by atoms with E-state index >= 15 is 0 Å². The third-order valence-corrected chi connectivity index (χ3v) is 6.47. The molecule has 0 bridgehead atoms. The Balaban J connectivity index is 1.98. The molecule has 6 heteroatoms. The lowest BCUT2D eigenvalue weighted by Gasteiger charge is -2.39. The van der Waals surface area contributed by atoms with Gasteiger partial charge < -0.3 is 0 Å². The van der Waals surface area contributed by atoms with Gasteiger partial charge >= 0.3 is 0 Å². The van der Waals surface area contributed by atoms with Gasteiger partial charge in [-0.3, -0.25) is 15.9 Å². The summed E-state index contributed by atoms with van der Waals surface area (Å²) in [5, 5.41) is 7.62. The van der Waals surface area contributed by atoms with E-state index in [4.69, 9.17) is 10.6 Å². The molecule has 0 radical (unpaired) electrons. The normalized spacial score (nSPS) is 21.2. The molecular weight excluding hydrogens is 457 g/mol. The zero-order valence-electron chi connectivity index (χ0n) is 15.9.